The molecule has 25 heavy (non-hydrogen) atoms. The Morgan fingerprint density at radius 1 is 1.12 bits per heavy atom. The molecule has 0 spiro atoms. The summed E-state index contributed by atoms with van der Waals surface area (Å²) in [5.74, 6) is -1.68. The summed E-state index contributed by atoms with van der Waals surface area (Å²) in [5, 5.41) is 9.82. The van der Waals surface area contributed by atoms with E-state index in [-0.39, 0.29) is 12.8 Å². The van der Waals surface area contributed by atoms with E-state index < -0.39 is 23.1 Å². The van der Waals surface area contributed by atoms with Gasteiger partial charge in [-0.3, -0.25) is 4.79 Å². The lowest BCUT2D eigenvalue weighted by atomic mass is 9.91. The zero-order chi connectivity index (χ0) is 18.9. The van der Waals surface area contributed by atoms with Crippen LogP contribution in [-0.4, -0.2) is 34.9 Å². The molecule has 0 bridgehead atoms. The molecule has 0 saturated heterocycles. The molecule has 0 fully saturated rings. The Labute approximate surface area is 150 Å². The minimum absolute atomic E-state index is 0.218. The maximum absolute atomic E-state index is 12.3. The number of carbonyl (C=O) groups is 2. The number of carbonyl (C=O) groups excluding carboxylic acids is 1. The highest BCUT2D eigenvalue weighted by atomic mass is 16.6. The van der Waals surface area contributed by atoms with Crippen molar-refractivity contribution in [3.63, 3.8) is 0 Å². The summed E-state index contributed by atoms with van der Waals surface area (Å²) in [4.78, 5) is 24.3. The number of aliphatic carboxylic acids is 1. The highest BCUT2D eigenvalue weighted by Crippen LogP contribution is 2.26. The summed E-state index contributed by atoms with van der Waals surface area (Å²) in [6, 6.07) is 9.60. The fourth-order valence-electron chi connectivity index (χ4n) is 2.47. The van der Waals surface area contributed by atoms with Crippen molar-refractivity contribution in [1.29, 1.82) is 0 Å². The van der Waals surface area contributed by atoms with Crippen LogP contribution < -0.4 is 0 Å². The van der Waals surface area contributed by atoms with Crippen LogP contribution in [0.15, 0.2) is 30.3 Å². The van der Waals surface area contributed by atoms with E-state index in [1.54, 1.807) is 20.8 Å². The van der Waals surface area contributed by atoms with Gasteiger partial charge in [-0.1, -0.05) is 43.7 Å². The Kier molecular flexibility index (Phi) is 8.10. The molecule has 1 aromatic carbocycles. The van der Waals surface area contributed by atoms with E-state index in [1.807, 2.05) is 37.3 Å². The number of aryl methyl sites for hydroxylation is 1. The molecule has 0 saturated carbocycles. The first-order valence-corrected chi connectivity index (χ1v) is 8.81. The minimum Gasteiger partial charge on any atom is -0.479 e. The monoisotopic (exact) mass is 350 g/mol. The number of carboxylic acids is 1. The Morgan fingerprint density at radius 2 is 1.76 bits per heavy atom. The number of hydrogen-bond acceptors (Lipinski definition) is 4. The van der Waals surface area contributed by atoms with Crippen molar-refractivity contribution >= 4 is 11.9 Å². The molecular weight excluding hydrogens is 320 g/mol. The van der Waals surface area contributed by atoms with Gasteiger partial charge in [-0.2, -0.15) is 0 Å². The molecule has 0 aliphatic carbocycles. The summed E-state index contributed by atoms with van der Waals surface area (Å²) in [6.45, 7) is 7.59. The quantitative estimate of drug-likeness (QED) is 0.510. The van der Waals surface area contributed by atoms with E-state index in [0.717, 1.165) is 18.4 Å². The number of hydrogen-bond donors (Lipinski definition) is 1. The van der Waals surface area contributed by atoms with Crippen molar-refractivity contribution in [2.45, 2.75) is 71.0 Å². The minimum atomic E-state index is -1.56. The second-order valence-electron chi connectivity index (χ2n) is 7.25. The Hall–Kier alpha value is -1.88. The van der Waals surface area contributed by atoms with Crippen molar-refractivity contribution in [2.24, 2.45) is 0 Å². The molecule has 1 rings (SSSR count). The van der Waals surface area contributed by atoms with Gasteiger partial charge >= 0.3 is 11.9 Å². The molecule has 1 aromatic rings. The molecule has 5 heteroatoms. The van der Waals surface area contributed by atoms with Crippen molar-refractivity contribution in [1.82, 2.24) is 0 Å². The number of esters is 1. The van der Waals surface area contributed by atoms with E-state index in [0.29, 0.717) is 13.0 Å². The summed E-state index contributed by atoms with van der Waals surface area (Å²) >= 11 is 0. The van der Waals surface area contributed by atoms with Crippen LogP contribution in [0.4, 0.5) is 0 Å². The molecule has 0 radical (unpaired) electrons. The van der Waals surface area contributed by atoms with Gasteiger partial charge in [0.05, 0.1) is 6.42 Å². The van der Waals surface area contributed by atoms with Crippen LogP contribution in [-0.2, 0) is 25.5 Å². The average molecular weight is 350 g/mol. The first-order chi connectivity index (χ1) is 11.7. The third-order valence-corrected chi connectivity index (χ3v) is 3.78. The highest BCUT2D eigenvalue weighted by Gasteiger charge is 2.42. The van der Waals surface area contributed by atoms with E-state index in [2.05, 4.69) is 0 Å². The average Bonchev–Trinajstić information content (AvgIpc) is 2.51. The fourth-order valence-corrected chi connectivity index (χ4v) is 2.47. The van der Waals surface area contributed by atoms with E-state index in [1.165, 1.54) is 0 Å². The largest absolute Gasteiger partial charge is 0.479 e. The summed E-state index contributed by atoms with van der Waals surface area (Å²) in [7, 11) is 0. The van der Waals surface area contributed by atoms with Gasteiger partial charge in [-0.05, 0) is 45.6 Å². The third kappa shape index (κ3) is 7.69. The van der Waals surface area contributed by atoms with Gasteiger partial charge in [0.15, 0.2) is 5.60 Å². The SMILES string of the molecule is CCCCO[C@@](CCc1ccccc1)(CC(=O)OC(C)(C)C)C(=O)O. The molecule has 0 amide bonds. The molecule has 0 aliphatic heterocycles. The van der Waals surface area contributed by atoms with Crippen molar-refractivity contribution in [3.05, 3.63) is 35.9 Å². The van der Waals surface area contributed by atoms with Crippen molar-refractivity contribution in [2.75, 3.05) is 6.61 Å². The molecule has 0 aromatic heterocycles. The number of carboxylic acid groups (broad SMARTS) is 1. The standard InChI is InChI=1S/C20H30O5/c1-5-6-14-24-20(18(22)23,15-17(21)25-19(2,3)4)13-12-16-10-8-7-9-11-16/h7-11H,5-6,12-15H2,1-4H3,(H,22,23)/t20-/m0/s1. The second kappa shape index (κ2) is 9.56. The summed E-state index contributed by atoms with van der Waals surface area (Å²) < 4.78 is 11.1. The van der Waals surface area contributed by atoms with E-state index >= 15 is 0 Å². The molecule has 1 N–H and O–H groups in total. The van der Waals surface area contributed by atoms with Crippen molar-refractivity contribution < 1.29 is 24.2 Å². The van der Waals surface area contributed by atoms with Crippen LogP contribution in [0.5, 0.6) is 0 Å². The second-order valence-corrected chi connectivity index (χ2v) is 7.25. The van der Waals surface area contributed by atoms with Crippen LogP contribution in [0.1, 0.15) is 58.9 Å². The lowest BCUT2D eigenvalue weighted by molar-refractivity contribution is -0.180. The van der Waals surface area contributed by atoms with Gasteiger partial charge < -0.3 is 14.6 Å². The lowest BCUT2D eigenvalue weighted by Gasteiger charge is -2.30. The molecule has 1 atom stereocenters. The normalized spacial score (nSPS) is 13.9. The molecule has 0 heterocycles. The number of ether oxygens (including phenoxy) is 2. The highest BCUT2D eigenvalue weighted by molar-refractivity contribution is 5.84. The smallest absolute Gasteiger partial charge is 0.336 e. The molecular formula is C20H30O5. The predicted molar refractivity (Wildman–Crippen MR) is 96.5 cm³/mol. The van der Waals surface area contributed by atoms with Crippen LogP contribution in [0.3, 0.4) is 0 Å². The zero-order valence-corrected chi connectivity index (χ0v) is 15.7. The van der Waals surface area contributed by atoms with Gasteiger partial charge in [0.1, 0.15) is 5.60 Å². The van der Waals surface area contributed by atoms with Crippen LogP contribution in [0.2, 0.25) is 0 Å². The number of rotatable bonds is 10. The maximum Gasteiger partial charge on any atom is 0.336 e. The van der Waals surface area contributed by atoms with Gasteiger partial charge in [0, 0.05) is 6.61 Å². The first-order valence-electron chi connectivity index (χ1n) is 8.81. The molecule has 140 valence electrons. The van der Waals surface area contributed by atoms with Crippen LogP contribution in [0.25, 0.3) is 0 Å². The van der Waals surface area contributed by atoms with Gasteiger partial charge in [0.25, 0.3) is 0 Å². The third-order valence-electron chi connectivity index (χ3n) is 3.78. The molecule has 0 unspecified atom stereocenters. The summed E-state index contributed by atoms with van der Waals surface area (Å²) in [5.41, 5.74) is -1.21. The fraction of sp³-hybridized carbons (Fsp3) is 0.600. The molecule has 5 nitrogen and oxygen atoms in total. The zero-order valence-electron chi connectivity index (χ0n) is 15.7. The van der Waals surface area contributed by atoms with Gasteiger partial charge in [-0.25, -0.2) is 4.79 Å². The summed E-state index contributed by atoms with van der Waals surface area (Å²) in [6.07, 6.45) is 2.07. The lowest BCUT2D eigenvalue weighted by Crippen LogP contribution is -2.45. The first kappa shape index (κ1) is 21.2. The number of unbranched alkanes of at least 4 members (excludes halogenated alkanes) is 1. The van der Waals surface area contributed by atoms with Crippen LogP contribution >= 0.6 is 0 Å². The Morgan fingerprint density at radius 3 is 2.28 bits per heavy atom. The van der Waals surface area contributed by atoms with E-state index in [9.17, 15) is 14.7 Å². The van der Waals surface area contributed by atoms with Crippen LogP contribution in [0, 0.1) is 0 Å². The Bertz CT molecular complexity index is 547. The predicted octanol–water partition coefficient (Wildman–Crippen LogP) is 3.99. The number of benzene rings is 1. The molecule has 0 aliphatic rings. The Balaban J connectivity index is 2.92. The van der Waals surface area contributed by atoms with Crippen molar-refractivity contribution in [3.8, 4) is 0 Å². The van der Waals surface area contributed by atoms with E-state index in [4.69, 9.17) is 9.47 Å². The maximum atomic E-state index is 12.3. The van der Waals surface area contributed by atoms with Gasteiger partial charge in [0.2, 0.25) is 0 Å². The van der Waals surface area contributed by atoms with Gasteiger partial charge in [-0.15, -0.1) is 0 Å². The topological polar surface area (TPSA) is 72.8 Å².